The molecule has 1 aromatic carbocycles. The van der Waals surface area contributed by atoms with Crippen molar-refractivity contribution in [2.45, 2.75) is 40.4 Å². The van der Waals surface area contributed by atoms with Gasteiger partial charge in [-0.2, -0.15) is 5.10 Å². The number of carbonyl (C=O) groups excluding carboxylic acids is 1. The molecule has 0 radical (unpaired) electrons. The van der Waals surface area contributed by atoms with E-state index < -0.39 is 0 Å². The van der Waals surface area contributed by atoms with Crippen molar-refractivity contribution < 1.29 is 9.53 Å². The second-order valence-corrected chi connectivity index (χ2v) is 7.64. The predicted octanol–water partition coefficient (Wildman–Crippen LogP) is 3.22. The highest BCUT2D eigenvalue weighted by Gasteiger charge is 2.19. The van der Waals surface area contributed by atoms with Crippen LogP contribution in [-0.2, 0) is 24.4 Å². The second kappa shape index (κ2) is 7.50. The lowest BCUT2D eigenvalue weighted by Gasteiger charge is -2.11. The zero-order valence-electron chi connectivity index (χ0n) is 16.5. The van der Waals surface area contributed by atoms with Gasteiger partial charge in [0.2, 0.25) is 0 Å². The number of anilines is 1. The maximum Gasteiger partial charge on any atom is 0.358 e. The van der Waals surface area contributed by atoms with E-state index in [-0.39, 0.29) is 5.97 Å². The summed E-state index contributed by atoms with van der Waals surface area (Å²) in [6.07, 6.45) is 3.61. The van der Waals surface area contributed by atoms with E-state index in [4.69, 9.17) is 4.74 Å². The standard InChI is InChI=1S/C21H25N5O2/c1-14(2)13-28-21(27)19-12-25-11-17-5-4-16(10-26-15(3)6-7-23-26)8-18(17)22-9-20(25)24-19/h4-8,12,14,22H,9-11,13H2,1-3H3. The average Bonchev–Trinajstić information content (AvgIpc) is 3.21. The van der Waals surface area contributed by atoms with Gasteiger partial charge in [-0.15, -0.1) is 0 Å². The van der Waals surface area contributed by atoms with E-state index in [1.54, 1.807) is 6.20 Å². The van der Waals surface area contributed by atoms with Crippen LogP contribution in [0.5, 0.6) is 0 Å². The van der Waals surface area contributed by atoms with Crippen molar-refractivity contribution in [2.75, 3.05) is 11.9 Å². The van der Waals surface area contributed by atoms with E-state index in [1.807, 2.05) is 35.4 Å². The number of imidazole rings is 1. The molecule has 1 aliphatic rings. The Morgan fingerprint density at radius 1 is 1.32 bits per heavy atom. The molecule has 0 amide bonds. The topological polar surface area (TPSA) is 74.0 Å². The monoisotopic (exact) mass is 379 g/mol. The molecule has 3 aromatic rings. The lowest BCUT2D eigenvalue weighted by Crippen LogP contribution is -2.11. The summed E-state index contributed by atoms with van der Waals surface area (Å²) < 4.78 is 9.30. The van der Waals surface area contributed by atoms with Gasteiger partial charge in [0, 0.05) is 23.8 Å². The van der Waals surface area contributed by atoms with Crippen LogP contribution in [0.2, 0.25) is 0 Å². The minimum absolute atomic E-state index is 0.303. The summed E-state index contributed by atoms with van der Waals surface area (Å²) in [7, 11) is 0. The van der Waals surface area contributed by atoms with Gasteiger partial charge in [-0.25, -0.2) is 9.78 Å². The third kappa shape index (κ3) is 3.78. The van der Waals surface area contributed by atoms with Crippen LogP contribution >= 0.6 is 0 Å². The summed E-state index contributed by atoms with van der Waals surface area (Å²) in [6, 6.07) is 8.43. The molecule has 28 heavy (non-hydrogen) atoms. The Morgan fingerprint density at radius 3 is 2.93 bits per heavy atom. The van der Waals surface area contributed by atoms with Gasteiger partial charge < -0.3 is 14.6 Å². The quantitative estimate of drug-likeness (QED) is 0.689. The predicted molar refractivity (Wildman–Crippen MR) is 106 cm³/mol. The number of fused-ring (bicyclic) bond motifs is 2. The zero-order valence-corrected chi connectivity index (χ0v) is 16.5. The Bertz CT molecular complexity index is 1000. The molecule has 0 atom stereocenters. The number of aryl methyl sites for hydroxylation is 1. The normalized spacial score (nSPS) is 12.9. The third-order valence-corrected chi connectivity index (χ3v) is 4.83. The number of hydrogen-bond acceptors (Lipinski definition) is 5. The molecule has 2 aromatic heterocycles. The first-order chi connectivity index (χ1) is 13.5. The van der Waals surface area contributed by atoms with Crippen LogP contribution in [0.15, 0.2) is 36.7 Å². The minimum Gasteiger partial charge on any atom is -0.461 e. The summed E-state index contributed by atoms with van der Waals surface area (Å²) in [5.41, 5.74) is 4.96. The molecule has 0 saturated heterocycles. The Morgan fingerprint density at radius 2 is 2.18 bits per heavy atom. The van der Waals surface area contributed by atoms with Crippen molar-refractivity contribution >= 4 is 11.7 Å². The first-order valence-electron chi connectivity index (χ1n) is 9.57. The molecule has 146 valence electrons. The van der Waals surface area contributed by atoms with Gasteiger partial charge in [-0.05, 0) is 36.1 Å². The fraction of sp³-hybridized carbons (Fsp3) is 0.381. The number of ether oxygens (including phenoxy) is 1. The molecule has 1 N–H and O–H groups in total. The van der Waals surface area contributed by atoms with Crippen LogP contribution in [0.1, 0.15) is 47.0 Å². The molecule has 0 fully saturated rings. The van der Waals surface area contributed by atoms with Crippen molar-refractivity contribution in [3.63, 3.8) is 0 Å². The Balaban J connectivity index is 1.51. The molecular formula is C21H25N5O2. The molecule has 7 heteroatoms. The summed E-state index contributed by atoms with van der Waals surface area (Å²) in [4.78, 5) is 16.7. The summed E-state index contributed by atoms with van der Waals surface area (Å²) >= 11 is 0. The number of carbonyl (C=O) groups is 1. The maximum atomic E-state index is 12.2. The summed E-state index contributed by atoms with van der Waals surface area (Å²) in [5, 5.41) is 7.81. The van der Waals surface area contributed by atoms with Crippen LogP contribution in [0.4, 0.5) is 5.69 Å². The van der Waals surface area contributed by atoms with Crippen molar-refractivity contribution in [2.24, 2.45) is 5.92 Å². The molecule has 1 aliphatic heterocycles. The number of aromatic nitrogens is 4. The maximum absolute atomic E-state index is 12.2. The van der Waals surface area contributed by atoms with Gasteiger partial charge in [0.05, 0.1) is 26.2 Å². The summed E-state index contributed by atoms with van der Waals surface area (Å²) in [6.45, 7) is 8.46. The number of nitrogens with zero attached hydrogens (tertiary/aromatic N) is 4. The smallest absolute Gasteiger partial charge is 0.358 e. The van der Waals surface area contributed by atoms with Crippen LogP contribution in [-0.4, -0.2) is 31.9 Å². The van der Waals surface area contributed by atoms with E-state index in [2.05, 4.69) is 40.5 Å². The van der Waals surface area contributed by atoms with Gasteiger partial charge in [0.1, 0.15) is 5.82 Å². The Kier molecular flexibility index (Phi) is 4.90. The number of benzene rings is 1. The molecule has 7 nitrogen and oxygen atoms in total. The lowest BCUT2D eigenvalue weighted by molar-refractivity contribution is 0.0452. The molecule has 0 saturated carbocycles. The van der Waals surface area contributed by atoms with Gasteiger partial charge >= 0.3 is 5.97 Å². The molecule has 0 bridgehead atoms. The van der Waals surface area contributed by atoms with Crippen LogP contribution in [0, 0.1) is 12.8 Å². The van der Waals surface area contributed by atoms with Gasteiger partial charge in [-0.1, -0.05) is 26.0 Å². The number of rotatable bonds is 5. The molecule has 0 aliphatic carbocycles. The van der Waals surface area contributed by atoms with Gasteiger partial charge in [0.15, 0.2) is 5.69 Å². The highest BCUT2D eigenvalue weighted by molar-refractivity contribution is 5.87. The van der Waals surface area contributed by atoms with Crippen molar-refractivity contribution in [1.29, 1.82) is 0 Å². The van der Waals surface area contributed by atoms with Crippen molar-refractivity contribution in [3.8, 4) is 0 Å². The fourth-order valence-electron chi connectivity index (χ4n) is 3.27. The SMILES string of the molecule is Cc1ccnn1Cc1ccc2c(c1)NCc1nc(C(=O)OCC(C)C)cn1C2. The van der Waals surface area contributed by atoms with E-state index in [9.17, 15) is 4.79 Å². The summed E-state index contributed by atoms with van der Waals surface area (Å²) in [5.74, 6) is 0.772. The highest BCUT2D eigenvalue weighted by atomic mass is 16.5. The molecule has 0 spiro atoms. The number of hydrogen-bond donors (Lipinski definition) is 1. The van der Waals surface area contributed by atoms with E-state index in [1.165, 1.54) is 11.1 Å². The zero-order chi connectivity index (χ0) is 19.7. The molecule has 3 heterocycles. The van der Waals surface area contributed by atoms with Gasteiger partial charge in [0.25, 0.3) is 0 Å². The van der Waals surface area contributed by atoms with Crippen LogP contribution in [0.3, 0.4) is 0 Å². The number of nitrogens with one attached hydrogen (secondary N) is 1. The highest BCUT2D eigenvalue weighted by Crippen LogP contribution is 2.24. The second-order valence-electron chi connectivity index (χ2n) is 7.64. The van der Waals surface area contributed by atoms with Crippen molar-refractivity contribution in [3.05, 3.63) is 65.0 Å². The van der Waals surface area contributed by atoms with Crippen molar-refractivity contribution in [1.82, 2.24) is 19.3 Å². The average molecular weight is 379 g/mol. The molecule has 4 rings (SSSR count). The fourth-order valence-corrected chi connectivity index (χ4v) is 3.27. The molecule has 0 unspecified atom stereocenters. The number of esters is 1. The first-order valence-corrected chi connectivity index (χ1v) is 9.57. The van der Waals surface area contributed by atoms with E-state index in [0.717, 1.165) is 23.8 Å². The third-order valence-electron chi connectivity index (χ3n) is 4.83. The lowest BCUT2D eigenvalue weighted by atomic mass is 10.1. The minimum atomic E-state index is -0.362. The Hall–Kier alpha value is -3.09. The van der Waals surface area contributed by atoms with E-state index in [0.29, 0.717) is 31.3 Å². The van der Waals surface area contributed by atoms with E-state index >= 15 is 0 Å². The van der Waals surface area contributed by atoms with Crippen LogP contribution in [0.25, 0.3) is 0 Å². The Labute approximate surface area is 164 Å². The van der Waals surface area contributed by atoms with Gasteiger partial charge in [-0.3, -0.25) is 4.68 Å². The van der Waals surface area contributed by atoms with Crippen LogP contribution < -0.4 is 5.32 Å². The molecular weight excluding hydrogens is 354 g/mol. The first kappa shape index (κ1) is 18.3. The largest absolute Gasteiger partial charge is 0.461 e.